The first-order chi connectivity index (χ1) is 12.6. The number of hydrogen-bond donors (Lipinski definition) is 2. The van der Waals surface area contributed by atoms with E-state index in [4.69, 9.17) is 5.11 Å². The Bertz CT molecular complexity index is 906. The topological polar surface area (TPSA) is 84.2 Å². The molecule has 0 bridgehead atoms. The van der Waals surface area contributed by atoms with Crippen LogP contribution in [0.1, 0.15) is 72.3 Å². The van der Waals surface area contributed by atoms with E-state index in [9.17, 15) is 18.4 Å². The van der Waals surface area contributed by atoms with Gasteiger partial charge in [0.15, 0.2) is 0 Å². The van der Waals surface area contributed by atoms with Gasteiger partial charge in [0.25, 0.3) is 6.43 Å². The molecule has 1 aliphatic carbocycles. The summed E-state index contributed by atoms with van der Waals surface area (Å²) in [5, 5.41) is 15.0. The average Bonchev–Trinajstić information content (AvgIpc) is 3.13. The van der Waals surface area contributed by atoms with Crippen LogP contribution in [0.25, 0.3) is 0 Å². The van der Waals surface area contributed by atoms with Crippen LogP contribution in [-0.2, 0) is 12.0 Å². The van der Waals surface area contributed by atoms with Crippen LogP contribution in [-0.4, -0.2) is 26.9 Å². The predicted octanol–water partition coefficient (Wildman–Crippen LogP) is 4.06. The van der Waals surface area contributed by atoms with Crippen LogP contribution in [0.15, 0.2) is 24.4 Å². The van der Waals surface area contributed by atoms with Gasteiger partial charge < -0.3 is 10.4 Å². The molecule has 1 atom stereocenters. The lowest BCUT2D eigenvalue weighted by Gasteiger charge is -2.19. The van der Waals surface area contributed by atoms with Crippen molar-refractivity contribution >= 4 is 12.0 Å². The number of benzene rings is 1. The van der Waals surface area contributed by atoms with Crippen molar-refractivity contribution < 1.29 is 23.5 Å². The van der Waals surface area contributed by atoms with Gasteiger partial charge in [-0.25, -0.2) is 18.4 Å². The SMILES string of the molecule is CC1CC(C)(C)c2cccc(CNC(=O)n3cc(C(=O)O)c(C(F)F)n3)c21. The largest absolute Gasteiger partial charge is 0.478 e. The normalized spacial score (nSPS) is 17.8. The molecular weight excluding hydrogens is 356 g/mol. The van der Waals surface area contributed by atoms with Crippen molar-refractivity contribution in [2.75, 3.05) is 0 Å². The van der Waals surface area contributed by atoms with Gasteiger partial charge in [0.2, 0.25) is 0 Å². The molecule has 1 aromatic carbocycles. The minimum absolute atomic E-state index is 0.0549. The van der Waals surface area contributed by atoms with Crippen LogP contribution < -0.4 is 5.32 Å². The van der Waals surface area contributed by atoms with Crippen molar-refractivity contribution in [2.24, 2.45) is 0 Å². The highest BCUT2D eigenvalue weighted by Gasteiger charge is 2.35. The number of carbonyl (C=O) groups is 2. The number of carbonyl (C=O) groups excluding carboxylic acids is 1. The van der Waals surface area contributed by atoms with E-state index >= 15 is 0 Å². The number of hydrogen-bond acceptors (Lipinski definition) is 3. The van der Waals surface area contributed by atoms with E-state index in [1.807, 2.05) is 12.1 Å². The molecule has 0 radical (unpaired) electrons. The molecule has 0 fully saturated rings. The summed E-state index contributed by atoms with van der Waals surface area (Å²) < 4.78 is 26.4. The summed E-state index contributed by atoms with van der Waals surface area (Å²) in [6.45, 7) is 6.70. The highest BCUT2D eigenvalue weighted by atomic mass is 19.3. The van der Waals surface area contributed by atoms with E-state index in [0.29, 0.717) is 10.6 Å². The van der Waals surface area contributed by atoms with E-state index in [1.165, 1.54) is 11.1 Å². The number of halogens is 2. The quantitative estimate of drug-likeness (QED) is 0.841. The van der Waals surface area contributed by atoms with Crippen molar-refractivity contribution in [3.8, 4) is 0 Å². The van der Waals surface area contributed by atoms with Gasteiger partial charge in [0, 0.05) is 6.54 Å². The molecule has 27 heavy (non-hydrogen) atoms. The van der Waals surface area contributed by atoms with E-state index in [-0.39, 0.29) is 12.0 Å². The first kappa shape index (κ1) is 19.0. The molecule has 0 spiro atoms. The van der Waals surface area contributed by atoms with Crippen LogP contribution in [0.4, 0.5) is 13.6 Å². The van der Waals surface area contributed by atoms with E-state index in [2.05, 4.69) is 37.3 Å². The zero-order valence-electron chi connectivity index (χ0n) is 15.3. The highest BCUT2D eigenvalue weighted by Crippen LogP contribution is 2.46. The number of rotatable bonds is 4. The van der Waals surface area contributed by atoms with Gasteiger partial charge in [-0.1, -0.05) is 39.0 Å². The minimum Gasteiger partial charge on any atom is -0.478 e. The second-order valence-corrected chi connectivity index (χ2v) is 7.50. The Morgan fingerprint density at radius 2 is 2.11 bits per heavy atom. The lowest BCUT2D eigenvalue weighted by molar-refractivity contribution is 0.0684. The zero-order valence-corrected chi connectivity index (χ0v) is 15.3. The number of nitrogens with one attached hydrogen (secondary N) is 1. The maximum absolute atomic E-state index is 12.9. The molecule has 1 heterocycles. The maximum Gasteiger partial charge on any atom is 0.342 e. The number of carboxylic acid groups (broad SMARTS) is 1. The van der Waals surface area contributed by atoms with Crippen molar-refractivity contribution in [3.05, 3.63) is 52.3 Å². The van der Waals surface area contributed by atoms with E-state index in [0.717, 1.165) is 18.2 Å². The number of fused-ring (bicyclic) bond motifs is 1. The summed E-state index contributed by atoms with van der Waals surface area (Å²) in [5.74, 6) is -1.21. The molecule has 1 aliphatic rings. The molecule has 2 N–H and O–H groups in total. The molecule has 6 nitrogen and oxygen atoms in total. The Balaban J connectivity index is 1.81. The fourth-order valence-electron chi connectivity index (χ4n) is 3.99. The van der Waals surface area contributed by atoms with Crippen molar-refractivity contribution in [2.45, 2.75) is 51.5 Å². The number of alkyl halides is 2. The second kappa shape index (κ2) is 6.75. The Morgan fingerprint density at radius 1 is 1.41 bits per heavy atom. The summed E-state index contributed by atoms with van der Waals surface area (Å²) in [7, 11) is 0. The molecule has 144 valence electrons. The molecule has 0 saturated carbocycles. The summed E-state index contributed by atoms with van der Waals surface area (Å²) in [6.07, 6.45) is -1.27. The van der Waals surface area contributed by atoms with E-state index < -0.39 is 29.7 Å². The molecule has 1 amide bonds. The third kappa shape index (κ3) is 3.43. The zero-order chi connectivity index (χ0) is 19.9. The number of nitrogens with zero attached hydrogens (tertiary/aromatic N) is 2. The Labute approximate surface area is 155 Å². The number of aromatic nitrogens is 2. The number of amides is 1. The van der Waals surface area contributed by atoms with Gasteiger partial charge in [0.05, 0.1) is 6.20 Å². The second-order valence-electron chi connectivity index (χ2n) is 7.50. The third-order valence-electron chi connectivity index (χ3n) is 5.05. The van der Waals surface area contributed by atoms with Crippen LogP contribution in [0.3, 0.4) is 0 Å². The summed E-state index contributed by atoms with van der Waals surface area (Å²) in [6, 6.07) is 5.19. The average molecular weight is 377 g/mol. The van der Waals surface area contributed by atoms with Crippen LogP contribution >= 0.6 is 0 Å². The summed E-state index contributed by atoms with van der Waals surface area (Å²) in [4.78, 5) is 23.3. The summed E-state index contributed by atoms with van der Waals surface area (Å²) >= 11 is 0. The van der Waals surface area contributed by atoms with Gasteiger partial charge in [-0.15, -0.1) is 0 Å². The van der Waals surface area contributed by atoms with Gasteiger partial charge in [0.1, 0.15) is 11.3 Å². The molecule has 8 heteroatoms. The molecular formula is C19H21F2N3O3. The fraction of sp³-hybridized carbons (Fsp3) is 0.421. The van der Waals surface area contributed by atoms with Gasteiger partial charge in [-0.3, -0.25) is 0 Å². The van der Waals surface area contributed by atoms with Crippen LogP contribution in [0.5, 0.6) is 0 Å². The standard InChI is InChI=1S/C19H21F2N3O3/c1-10-7-19(2,3)13-6-4-5-11(14(10)13)8-22-18(27)24-9-12(17(25)26)15(23-24)16(20)21/h4-6,9-10,16H,7-8H2,1-3H3,(H,22,27)(H,25,26). The Morgan fingerprint density at radius 3 is 2.70 bits per heavy atom. The third-order valence-corrected chi connectivity index (χ3v) is 5.05. The lowest BCUT2D eigenvalue weighted by atomic mass is 9.86. The molecule has 1 unspecified atom stereocenters. The van der Waals surface area contributed by atoms with E-state index in [1.54, 1.807) is 0 Å². The minimum atomic E-state index is -3.08. The molecule has 0 aliphatic heterocycles. The monoisotopic (exact) mass is 377 g/mol. The Hall–Kier alpha value is -2.77. The fourth-order valence-corrected chi connectivity index (χ4v) is 3.99. The smallest absolute Gasteiger partial charge is 0.342 e. The predicted molar refractivity (Wildman–Crippen MR) is 94.3 cm³/mol. The first-order valence-corrected chi connectivity index (χ1v) is 8.63. The van der Waals surface area contributed by atoms with Crippen molar-refractivity contribution in [3.63, 3.8) is 0 Å². The highest BCUT2D eigenvalue weighted by molar-refractivity contribution is 5.90. The van der Waals surface area contributed by atoms with Gasteiger partial charge in [-0.2, -0.15) is 9.78 Å². The van der Waals surface area contributed by atoms with Crippen LogP contribution in [0.2, 0.25) is 0 Å². The number of carboxylic acids is 1. The van der Waals surface area contributed by atoms with Gasteiger partial charge in [-0.05, 0) is 34.4 Å². The van der Waals surface area contributed by atoms with Gasteiger partial charge >= 0.3 is 12.0 Å². The molecule has 1 aromatic heterocycles. The Kier molecular flexibility index (Phi) is 4.75. The molecule has 0 saturated heterocycles. The summed E-state index contributed by atoms with van der Waals surface area (Å²) in [5.41, 5.74) is 1.85. The number of aromatic carboxylic acids is 1. The maximum atomic E-state index is 12.9. The molecule has 2 aromatic rings. The van der Waals surface area contributed by atoms with Crippen molar-refractivity contribution in [1.29, 1.82) is 0 Å². The van der Waals surface area contributed by atoms with Crippen molar-refractivity contribution in [1.82, 2.24) is 15.1 Å². The first-order valence-electron chi connectivity index (χ1n) is 8.63. The lowest BCUT2D eigenvalue weighted by Crippen LogP contribution is -2.29. The van der Waals surface area contributed by atoms with Crippen LogP contribution in [0, 0.1) is 0 Å². The molecule has 3 rings (SSSR count).